The van der Waals surface area contributed by atoms with E-state index >= 15 is 0 Å². The number of hydrogen-bond acceptors (Lipinski definition) is 2. The number of amides is 1. The molecule has 21 heavy (non-hydrogen) atoms. The molecule has 1 fully saturated rings. The molecule has 0 spiro atoms. The number of hydrogen-bond donors (Lipinski definition) is 2. The van der Waals surface area contributed by atoms with Gasteiger partial charge in [-0.2, -0.15) is 0 Å². The van der Waals surface area contributed by atoms with Crippen molar-refractivity contribution in [2.45, 2.75) is 31.4 Å². The van der Waals surface area contributed by atoms with Gasteiger partial charge >= 0.3 is 0 Å². The van der Waals surface area contributed by atoms with Crippen molar-refractivity contribution in [2.24, 2.45) is 0 Å². The Bertz CT molecular complexity index is 569. The molecule has 1 aromatic rings. The molecule has 116 valence electrons. The third kappa shape index (κ3) is 3.81. The smallest absolute Gasteiger partial charge is 0.262 e. The van der Waals surface area contributed by atoms with Crippen LogP contribution >= 0.6 is 23.2 Å². The summed E-state index contributed by atoms with van der Waals surface area (Å²) in [7, 11) is 0. The van der Waals surface area contributed by atoms with Crippen LogP contribution in [0.15, 0.2) is 12.1 Å². The molecule has 0 aliphatic carbocycles. The van der Waals surface area contributed by atoms with Gasteiger partial charge in [-0.15, -0.1) is 0 Å². The lowest BCUT2D eigenvalue weighted by Crippen LogP contribution is -2.41. The largest absolute Gasteiger partial charge is 0.348 e. The number of alkyl halides is 2. The average Bonchev–Trinajstić information content (AvgIpc) is 2.74. The normalized spacial score (nSPS) is 22.1. The van der Waals surface area contributed by atoms with Crippen LogP contribution in [-0.2, 0) is 4.79 Å². The van der Waals surface area contributed by atoms with Gasteiger partial charge in [0.05, 0.1) is 23.7 Å². The second-order valence-corrected chi connectivity index (χ2v) is 5.83. The maximum atomic E-state index is 13.4. The molecule has 2 unspecified atom stereocenters. The molecule has 1 aliphatic heterocycles. The van der Waals surface area contributed by atoms with Crippen LogP contribution in [0.25, 0.3) is 0 Å². The van der Waals surface area contributed by atoms with Crippen LogP contribution in [0, 0.1) is 5.82 Å². The number of carbonyl (C=O) groups excluding carboxylic acids is 1. The van der Waals surface area contributed by atoms with Crippen molar-refractivity contribution >= 4 is 29.1 Å². The van der Waals surface area contributed by atoms with Crippen LogP contribution in [-0.4, -0.2) is 24.4 Å². The zero-order valence-corrected chi connectivity index (χ0v) is 12.5. The minimum Gasteiger partial charge on any atom is -0.348 e. The maximum Gasteiger partial charge on any atom is 0.262 e. The summed E-state index contributed by atoms with van der Waals surface area (Å²) in [6.07, 6.45) is -0.561. The topological polar surface area (TPSA) is 41.1 Å². The number of nitrogens with one attached hydrogen (secondary N) is 2. The summed E-state index contributed by atoms with van der Waals surface area (Å²) in [6, 6.07) is 0.746. The van der Waals surface area contributed by atoms with Crippen molar-refractivity contribution in [3.8, 4) is 0 Å². The minimum absolute atomic E-state index is 0.126. The molecule has 1 aromatic carbocycles. The Kier molecular flexibility index (Phi) is 4.70. The molecule has 0 aromatic heterocycles. The highest BCUT2D eigenvalue weighted by Crippen LogP contribution is 2.29. The molecule has 0 saturated carbocycles. The van der Waals surface area contributed by atoms with Crippen molar-refractivity contribution in [3.05, 3.63) is 33.6 Å². The predicted molar refractivity (Wildman–Crippen MR) is 74.3 cm³/mol. The van der Waals surface area contributed by atoms with E-state index in [1.54, 1.807) is 6.92 Å². The van der Waals surface area contributed by atoms with E-state index in [1.165, 1.54) is 6.07 Å². The molecule has 1 aliphatic rings. The SMILES string of the molecule is CC(NC(=O)C1CC(F)(F)CN1)c1cc(F)c(Cl)cc1Cl. The van der Waals surface area contributed by atoms with E-state index in [9.17, 15) is 18.0 Å². The summed E-state index contributed by atoms with van der Waals surface area (Å²) in [6.45, 7) is 1.05. The minimum atomic E-state index is -2.89. The Morgan fingerprint density at radius 1 is 1.43 bits per heavy atom. The first-order chi connectivity index (χ1) is 9.69. The first kappa shape index (κ1) is 16.4. The van der Waals surface area contributed by atoms with Crippen LogP contribution in [0.2, 0.25) is 10.0 Å². The van der Waals surface area contributed by atoms with Gasteiger partial charge in [0.2, 0.25) is 5.91 Å². The standard InChI is InChI=1S/C13H13Cl2F3N2O/c1-6(7-2-10(16)9(15)3-8(7)14)20-12(21)11-4-13(17,18)5-19-11/h2-3,6,11,19H,4-5H2,1H3,(H,20,21). The summed E-state index contributed by atoms with van der Waals surface area (Å²) in [5.74, 6) is -4.14. The van der Waals surface area contributed by atoms with Crippen molar-refractivity contribution in [3.63, 3.8) is 0 Å². The van der Waals surface area contributed by atoms with E-state index in [1.807, 2.05) is 0 Å². The van der Waals surface area contributed by atoms with Gasteiger partial charge in [0.15, 0.2) is 0 Å². The van der Waals surface area contributed by atoms with Crippen molar-refractivity contribution in [1.29, 1.82) is 0 Å². The fourth-order valence-corrected chi connectivity index (χ4v) is 2.71. The molecular weight excluding hydrogens is 328 g/mol. The Balaban J connectivity index is 2.06. The third-order valence-electron chi connectivity index (χ3n) is 3.29. The van der Waals surface area contributed by atoms with E-state index in [-0.39, 0.29) is 10.0 Å². The molecule has 3 nitrogen and oxygen atoms in total. The first-order valence-electron chi connectivity index (χ1n) is 6.25. The van der Waals surface area contributed by atoms with Crippen LogP contribution in [0.5, 0.6) is 0 Å². The van der Waals surface area contributed by atoms with Gasteiger partial charge in [0, 0.05) is 11.4 Å². The summed E-state index contributed by atoms with van der Waals surface area (Å²) in [5, 5.41) is 5.05. The number of rotatable bonds is 3. The van der Waals surface area contributed by atoms with Crippen LogP contribution in [0.3, 0.4) is 0 Å². The molecule has 8 heteroatoms. The van der Waals surface area contributed by atoms with Gasteiger partial charge < -0.3 is 5.32 Å². The first-order valence-corrected chi connectivity index (χ1v) is 7.01. The maximum absolute atomic E-state index is 13.4. The predicted octanol–water partition coefficient (Wildman–Crippen LogP) is 3.31. The second-order valence-electron chi connectivity index (χ2n) is 5.01. The van der Waals surface area contributed by atoms with Gasteiger partial charge in [-0.05, 0) is 24.6 Å². The molecule has 1 saturated heterocycles. The monoisotopic (exact) mass is 340 g/mol. The van der Waals surface area contributed by atoms with E-state index in [0.29, 0.717) is 5.56 Å². The molecule has 1 heterocycles. The van der Waals surface area contributed by atoms with Crippen LogP contribution in [0.1, 0.15) is 24.9 Å². The summed E-state index contributed by atoms with van der Waals surface area (Å²) >= 11 is 11.5. The van der Waals surface area contributed by atoms with Gasteiger partial charge in [-0.1, -0.05) is 23.2 Å². The van der Waals surface area contributed by atoms with Crippen molar-refractivity contribution in [2.75, 3.05) is 6.54 Å². The Hall–Kier alpha value is -0.980. The average molecular weight is 341 g/mol. The lowest BCUT2D eigenvalue weighted by atomic mass is 10.1. The number of carbonyl (C=O) groups is 1. The molecule has 0 bridgehead atoms. The number of halogens is 5. The lowest BCUT2D eigenvalue weighted by Gasteiger charge is -2.19. The summed E-state index contributed by atoms with van der Waals surface area (Å²) < 4.78 is 39.5. The molecular formula is C13H13Cl2F3N2O. The number of benzene rings is 1. The highest BCUT2D eigenvalue weighted by Gasteiger charge is 2.42. The quantitative estimate of drug-likeness (QED) is 0.829. The molecule has 2 N–H and O–H groups in total. The van der Waals surface area contributed by atoms with Crippen molar-refractivity contribution in [1.82, 2.24) is 10.6 Å². The zero-order chi connectivity index (χ0) is 15.8. The Morgan fingerprint density at radius 2 is 2.10 bits per heavy atom. The van der Waals surface area contributed by atoms with Crippen LogP contribution in [0.4, 0.5) is 13.2 Å². The highest BCUT2D eigenvalue weighted by atomic mass is 35.5. The van der Waals surface area contributed by atoms with Gasteiger partial charge in [0.25, 0.3) is 5.92 Å². The third-order valence-corrected chi connectivity index (χ3v) is 3.91. The fourth-order valence-electron chi connectivity index (χ4n) is 2.16. The fraction of sp³-hybridized carbons (Fsp3) is 0.462. The van der Waals surface area contributed by atoms with E-state index < -0.39 is 42.7 Å². The summed E-state index contributed by atoms with van der Waals surface area (Å²) in [4.78, 5) is 11.9. The molecule has 2 rings (SSSR count). The molecule has 1 amide bonds. The Morgan fingerprint density at radius 3 is 2.67 bits per heavy atom. The molecule has 2 atom stereocenters. The zero-order valence-electron chi connectivity index (χ0n) is 11.0. The van der Waals surface area contributed by atoms with Crippen LogP contribution < -0.4 is 10.6 Å². The van der Waals surface area contributed by atoms with Crippen molar-refractivity contribution < 1.29 is 18.0 Å². The van der Waals surface area contributed by atoms with E-state index in [0.717, 1.165) is 6.07 Å². The highest BCUT2D eigenvalue weighted by molar-refractivity contribution is 6.35. The van der Waals surface area contributed by atoms with Gasteiger partial charge in [-0.3, -0.25) is 10.1 Å². The summed E-state index contributed by atoms with van der Waals surface area (Å²) in [5.41, 5.74) is 0.330. The Labute approximate surface area is 129 Å². The van der Waals surface area contributed by atoms with Gasteiger partial charge in [0.1, 0.15) is 5.82 Å². The van der Waals surface area contributed by atoms with Gasteiger partial charge in [-0.25, -0.2) is 13.2 Å². The second kappa shape index (κ2) is 6.02. The lowest BCUT2D eigenvalue weighted by molar-refractivity contribution is -0.124. The van der Waals surface area contributed by atoms with E-state index in [4.69, 9.17) is 23.2 Å². The molecule has 0 radical (unpaired) electrons. The van der Waals surface area contributed by atoms with E-state index in [2.05, 4.69) is 10.6 Å².